The van der Waals surface area contributed by atoms with Crippen molar-refractivity contribution in [2.75, 3.05) is 13.1 Å². The van der Waals surface area contributed by atoms with Crippen LogP contribution in [0.1, 0.15) is 12.8 Å². The second kappa shape index (κ2) is 7.61. The van der Waals surface area contributed by atoms with Crippen molar-refractivity contribution in [2.45, 2.75) is 12.8 Å². The van der Waals surface area contributed by atoms with Gasteiger partial charge in [-0.05, 0) is 19.4 Å². The van der Waals surface area contributed by atoms with Gasteiger partial charge in [-0.3, -0.25) is 10.2 Å². The number of nitrogens with one attached hydrogen (secondary N) is 2. The summed E-state index contributed by atoms with van der Waals surface area (Å²) >= 11 is 0. The Kier molecular flexibility index (Phi) is 9.19. The largest absolute Gasteiger partial charge is 0.316 e. The van der Waals surface area contributed by atoms with Gasteiger partial charge in [0.05, 0.1) is 5.92 Å². The smallest absolute Gasteiger partial charge is 0.238 e. The zero-order chi connectivity index (χ0) is 7.40. The molecule has 0 radical (unpaired) electrons. The lowest BCUT2D eigenvalue weighted by molar-refractivity contribution is -0.125. The van der Waals surface area contributed by atoms with E-state index in [1.165, 1.54) is 0 Å². The van der Waals surface area contributed by atoms with Gasteiger partial charge in [0.25, 0.3) is 0 Å². The van der Waals surface area contributed by atoms with Gasteiger partial charge in [-0.25, -0.2) is 5.84 Å². The number of nitrogens with two attached hydrogens (primary N) is 1. The van der Waals surface area contributed by atoms with E-state index in [1.54, 1.807) is 0 Å². The van der Waals surface area contributed by atoms with Crippen LogP contribution in [0, 0.1) is 5.92 Å². The van der Waals surface area contributed by atoms with Crippen LogP contribution in [0.25, 0.3) is 0 Å². The maximum atomic E-state index is 10.9. The van der Waals surface area contributed by atoms with Crippen LogP contribution < -0.4 is 16.6 Å². The fraction of sp³-hybridized carbons (Fsp3) is 0.833. The number of hydrogen-bond acceptors (Lipinski definition) is 3. The molecule has 1 unspecified atom stereocenters. The SMILES string of the molecule is Cl.Cl.NNC(=O)C1CCCNC1. The molecule has 1 heterocycles. The number of rotatable bonds is 1. The highest BCUT2D eigenvalue weighted by Gasteiger charge is 2.19. The van der Waals surface area contributed by atoms with Crippen molar-refractivity contribution in [3.05, 3.63) is 0 Å². The average molecular weight is 216 g/mol. The minimum atomic E-state index is -0.0489. The molecular formula is C6H15Cl2N3O. The molecule has 0 aromatic heterocycles. The van der Waals surface area contributed by atoms with Crippen LogP contribution in [0.4, 0.5) is 0 Å². The van der Waals surface area contributed by atoms with Crippen LogP contribution in [0.5, 0.6) is 0 Å². The third-order valence-electron chi connectivity index (χ3n) is 1.81. The summed E-state index contributed by atoms with van der Waals surface area (Å²) < 4.78 is 0. The van der Waals surface area contributed by atoms with Crippen molar-refractivity contribution >= 4 is 30.7 Å². The highest BCUT2D eigenvalue weighted by Crippen LogP contribution is 2.08. The molecule has 0 spiro atoms. The summed E-state index contributed by atoms with van der Waals surface area (Å²) in [4.78, 5) is 10.9. The maximum absolute atomic E-state index is 10.9. The molecule has 1 amide bonds. The summed E-state index contributed by atoms with van der Waals surface area (Å²) in [5, 5.41) is 3.13. The molecular weight excluding hydrogens is 201 g/mol. The van der Waals surface area contributed by atoms with E-state index in [-0.39, 0.29) is 36.6 Å². The quantitative estimate of drug-likeness (QED) is 0.323. The predicted molar refractivity (Wildman–Crippen MR) is 52.4 cm³/mol. The van der Waals surface area contributed by atoms with E-state index in [4.69, 9.17) is 5.84 Å². The first kappa shape index (κ1) is 14.5. The zero-order valence-corrected chi connectivity index (χ0v) is 8.34. The number of piperidine rings is 1. The van der Waals surface area contributed by atoms with Crippen molar-refractivity contribution in [3.63, 3.8) is 0 Å². The Hall–Kier alpha value is -0.0300. The first-order valence-corrected chi connectivity index (χ1v) is 3.56. The van der Waals surface area contributed by atoms with Crippen molar-refractivity contribution in [1.29, 1.82) is 0 Å². The first-order chi connectivity index (χ1) is 4.84. The Bertz CT molecular complexity index is 128. The second-order valence-electron chi connectivity index (χ2n) is 2.55. The Labute approximate surface area is 84.4 Å². The molecule has 1 saturated heterocycles. The molecule has 1 aliphatic heterocycles. The monoisotopic (exact) mass is 215 g/mol. The number of carbonyl (C=O) groups excluding carboxylic acids is 1. The van der Waals surface area contributed by atoms with Crippen molar-refractivity contribution in [3.8, 4) is 0 Å². The fourth-order valence-electron chi connectivity index (χ4n) is 1.19. The first-order valence-electron chi connectivity index (χ1n) is 3.56. The molecule has 0 aromatic rings. The zero-order valence-electron chi connectivity index (χ0n) is 6.71. The van der Waals surface area contributed by atoms with Gasteiger partial charge < -0.3 is 5.32 Å². The van der Waals surface area contributed by atoms with Crippen LogP contribution >= 0.6 is 24.8 Å². The number of hydrazine groups is 1. The van der Waals surface area contributed by atoms with Crippen molar-refractivity contribution in [1.82, 2.24) is 10.7 Å². The van der Waals surface area contributed by atoms with E-state index >= 15 is 0 Å². The van der Waals surface area contributed by atoms with Crippen LogP contribution in [0.3, 0.4) is 0 Å². The molecule has 6 heteroatoms. The van der Waals surface area contributed by atoms with E-state index in [1.807, 2.05) is 0 Å². The van der Waals surface area contributed by atoms with Gasteiger partial charge in [0.15, 0.2) is 0 Å². The molecule has 1 fully saturated rings. The third kappa shape index (κ3) is 4.11. The van der Waals surface area contributed by atoms with Gasteiger partial charge in [0, 0.05) is 6.54 Å². The Morgan fingerprint density at radius 1 is 1.50 bits per heavy atom. The van der Waals surface area contributed by atoms with Gasteiger partial charge in [-0.1, -0.05) is 0 Å². The molecule has 1 aliphatic rings. The van der Waals surface area contributed by atoms with Crippen LogP contribution in [0.2, 0.25) is 0 Å². The van der Waals surface area contributed by atoms with E-state index in [2.05, 4.69) is 10.7 Å². The molecule has 0 saturated carbocycles. The van der Waals surface area contributed by atoms with Crippen molar-refractivity contribution in [2.24, 2.45) is 11.8 Å². The number of carbonyl (C=O) groups is 1. The van der Waals surface area contributed by atoms with Crippen molar-refractivity contribution < 1.29 is 4.79 Å². The normalized spacial score (nSPS) is 21.6. The minimum Gasteiger partial charge on any atom is -0.316 e. The number of amides is 1. The topological polar surface area (TPSA) is 67.1 Å². The summed E-state index contributed by atoms with van der Waals surface area (Å²) in [5.41, 5.74) is 2.16. The van der Waals surface area contributed by atoms with Crippen LogP contribution in [-0.4, -0.2) is 19.0 Å². The van der Waals surface area contributed by atoms with Gasteiger partial charge in [-0.2, -0.15) is 0 Å². The molecule has 0 aromatic carbocycles. The molecule has 1 rings (SSSR count). The Morgan fingerprint density at radius 3 is 2.58 bits per heavy atom. The minimum absolute atomic E-state index is 0. The standard InChI is InChI=1S/C6H13N3O.2ClH/c7-9-6(10)5-2-1-3-8-4-5;;/h5,8H,1-4,7H2,(H,9,10);2*1H. The van der Waals surface area contributed by atoms with Gasteiger partial charge in [-0.15, -0.1) is 24.8 Å². The molecule has 74 valence electrons. The summed E-state index contributed by atoms with van der Waals surface area (Å²) in [5.74, 6) is 5.01. The van der Waals surface area contributed by atoms with E-state index < -0.39 is 0 Å². The molecule has 1 atom stereocenters. The second-order valence-corrected chi connectivity index (χ2v) is 2.55. The fourth-order valence-corrected chi connectivity index (χ4v) is 1.19. The highest BCUT2D eigenvalue weighted by molar-refractivity contribution is 5.85. The van der Waals surface area contributed by atoms with Gasteiger partial charge >= 0.3 is 0 Å². The van der Waals surface area contributed by atoms with Crippen LogP contribution in [-0.2, 0) is 4.79 Å². The predicted octanol–water partition coefficient (Wildman–Crippen LogP) is -0.181. The molecule has 0 aliphatic carbocycles. The highest BCUT2D eigenvalue weighted by atomic mass is 35.5. The third-order valence-corrected chi connectivity index (χ3v) is 1.81. The molecule has 4 nitrogen and oxygen atoms in total. The van der Waals surface area contributed by atoms with Gasteiger partial charge in [0.1, 0.15) is 0 Å². The summed E-state index contributed by atoms with van der Waals surface area (Å²) in [7, 11) is 0. The van der Waals surface area contributed by atoms with Crippen LogP contribution in [0.15, 0.2) is 0 Å². The number of hydrogen-bond donors (Lipinski definition) is 3. The summed E-state index contributed by atoms with van der Waals surface area (Å²) in [6.07, 6.45) is 2.02. The van der Waals surface area contributed by atoms with E-state index in [9.17, 15) is 4.79 Å². The summed E-state index contributed by atoms with van der Waals surface area (Å²) in [6, 6.07) is 0. The maximum Gasteiger partial charge on any atom is 0.238 e. The Morgan fingerprint density at radius 2 is 2.17 bits per heavy atom. The van der Waals surface area contributed by atoms with E-state index in [0.29, 0.717) is 0 Å². The lowest BCUT2D eigenvalue weighted by Crippen LogP contribution is -2.43. The molecule has 0 bridgehead atoms. The Balaban J connectivity index is 0. The van der Waals surface area contributed by atoms with Gasteiger partial charge in [0.2, 0.25) is 5.91 Å². The average Bonchev–Trinajstić information content (AvgIpc) is 2.05. The molecule has 12 heavy (non-hydrogen) atoms. The lowest BCUT2D eigenvalue weighted by Gasteiger charge is -2.20. The van der Waals surface area contributed by atoms with E-state index in [0.717, 1.165) is 25.9 Å². The molecule has 4 N–H and O–H groups in total. The summed E-state index contributed by atoms with van der Waals surface area (Å²) in [6.45, 7) is 1.79. The number of halogens is 2. The lowest BCUT2D eigenvalue weighted by atomic mass is 9.99.